The Morgan fingerprint density at radius 2 is 1.70 bits per heavy atom. The van der Waals surface area contributed by atoms with Crippen molar-refractivity contribution in [3.63, 3.8) is 0 Å². The second-order valence-corrected chi connectivity index (χ2v) is 8.34. The van der Waals surface area contributed by atoms with E-state index in [1.807, 2.05) is 30.3 Å². The van der Waals surface area contributed by atoms with Gasteiger partial charge in [-0.25, -0.2) is 4.79 Å². The lowest BCUT2D eigenvalue weighted by Crippen LogP contribution is -2.32. The number of halogens is 5. The normalized spacial score (nSPS) is 13.7. The van der Waals surface area contributed by atoms with E-state index in [9.17, 15) is 18.0 Å². The molecular weight excluding hydrogens is 478 g/mol. The number of rotatable bonds is 2. The number of alkyl halides is 3. The molecule has 4 nitrogen and oxygen atoms in total. The van der Waals surface area contributed by atoms with Gasteiger partial charge in [0, 0.05) is 11.5 Å². The van der Waals surface area contributed by atoms with Crippen molar-refractivity contribution in [3.05, 3.63) is 92.3 Å². The van der Waals surface area contributed by atoms with Crippen LogP contribution >= 0.6 is 23.2 Å². The first-order chi connectivity index (χ1) is 15.7. The second kappa shape index (κ2) is 8.01. The number of anilines is 1. The van der Waals surface area contributed by atoms with Crippen LogP contribution in [0, 0.1) is 0 Å². The van der Waals surface area contributed by atoms with Crippen LogP contribution in [0.4, 0.5) is 18.9 Å². The molecule has 2 heterocycles. The van der Waals surface area contributed by atoms with E-state index in [4.69, 9.17) is 32.4 Å². The zero-order valence-electron chi connectivity index (χ0n) is 16.7. The van der Waals surface area contributed by atoms with E-state index in [1.54, 1.807) is 11.0 Å². The highest BCUT2D eigenvalue weighted by atomic mass is 35.5. The maximum Gasteiger partial charge on any atom is 0.416 e. The Morgan fingerprint density at radius 1 is 0.939 bits per heavy atom. The van der Waals surface area contributed by atoms with E-state index in [0.717, 1.165) is 17.7 Å². The smallest absolute Gasteiger partial charge is 0.416 e. The summed E-state index contributed by atoms with van der Waals surface area (Å²) in [5.74, 6) is 0.358. The third-order valence-electron chi connectivity index (χ3n) is 5.45. The molecule has 0 aliphatic carbocycles. The van der Waals surface area contributed by atoms with Gasteiger partial charge in [0.05, 0.1) is 33.4 Å². The number of fused-ring (bicyclic) bond motifs is 3. The fraction of sp³-hybridized carbons (Fsp3) is 0.125. The minimum atomic E-state index is -4.51. The van der Waals surface area contributed by atoms with Crippen LogP contribution in [0.25, 0.3) is 22.1 Å². The van der Waals surface area contributed by atoms with E-state index in [-0.39, 0.29) is 18.3 Å². The van der Waals surface area contributed by atoms with Crippen molar-refractivity contribution in [3.8, 4) is 16.9 Å². The Morgan fingerprint density at radius 3 is 2.39 bits per heavy atom. The summed E-state index contributed by atoms with van der Waals surface area (Å²) >= 11 is 12.7. The minimum absolute atomic E-state index is 0.00587. The molecule has 3 aromatic carbocycles. The summed E-state index contributed by atoms with van der Waals surface area (Å²) < 4.78 is 50.4. The fourth-order valence-corrected chi connectivity index (χ4v) is 4.52. The average Bonchev–Trinajstić information content (AvgIpc) is 2.79. The molecule has 0 amide bonds. The minimum Gasteiger partial charge on any atom is -0.471 e. The quantitative estimate of drug-likeness (QED) is 0.279. The number of hydrogen-bond acceptors (Lipinski definition) is 4. The summed E-state index contributed by atoms with van der Waals surface area (Å²) in [6.07, 6.45) is -4.51. The van der Waals surface area contributed by atoms with Gasteiger partial charge in [-0.05, 0) is 35.4 Å². The predicted octanol–water partition coefficient (Wildman–Crippen LogP) is 7.14. The lowest BCUT2D eigenvalue weighted by atomic mass is 9.99. The van der Waals surface area contributed by atoms with Crippen LogP contribution in [-0.2, 0) is 12.7 Å². The topological polar surface area (TPSA) is 42.7 Å². The van der Waals surface area contributed by atoms with E-state index in [2.05, 4.69) is 0 Å². The van der Waals surface area contributed by atoms with Crippen molar-refractivity contribution in [2.75, 3.05) is 11.6 Å². The molecule has 0 fully saturated rings. The Hall–Kier alpha value is -3.16. The van der Waals surface area contributed by atoms with E-state index in [1.165, 1.54) is 12.1 Å². The van der Waals surface area contributed by atoms with Crippen LogP contribution in [0.1, 0.15) is 11.1 Å². The number of hydrogen-bond donors (Lipinski definition) is 0. The lowest BCUT2D eigenvalue weighted by Gasteiger charge is -2.32. The van der Waals surface area contributed by atoms with Gasteiger partial charge < -0.3 is 14.1 Å². The van der Waals surface area contributed by atoms with Crippen LogP contribution in [0.3, 0.4) is 0 Å². The van der Waals surface area contributed by atoms with Crippen molar-refractivity contribution in [2.45, 2.75) is 12.7 Å². The highest BCUT2D eigenvalue weighted by Gasteiger charge is 2.32. The Kier molecular flexibility index (Phi) is 5.26. The first kappa shape index (κ1) is 21.7. The molecule has 0 saturated heterocycles. The molecule has 4 aromatic rings. The van der Waals surface area contributed by atoms with Crippen LogP contribution in [-0.4, -0.2) is 6.73 Å². The van der Waals surface area contributed by atoms with Gasteiger partial charge in [-0.2, -0.15) is 13.2 Å². The van der Waals surface area contributed by atoms with Crippen molar-refractivity contribution in [1.82, 2.24) is 0 Å². The standard InChI is InChI=1S/C24H14Cl2F3NO3/c25-18-8-14(24(27,28)29)6-7-20(18)30-11-17-22-16(9-19(26)23(17)32-12-30)15(10-21(31)33-22)13-4-2-1-3-5-13/h1-10H,11-12H2. The molecule has 0 radical (unpaired) electrons. The Bertz CT molecular complexity index is 1440. The fourth-order valence-electron chi connectivity index (χ4n) is 3.94. The second-order valence-electron chi connectivity index (χ2n) is 7.52. The zero-order chi connectivity index (χ0) is 23.3. The highest BCUT2D eigenvalue weighted by molar-refractivity contribution is 6.34. The van der Waals surface area contributed by atoms with Gasteiger partial charge in [-0.15, -0.1) is 0 Å². The molecule has 0 bridgehead atoms. The molecule has 9 heteroatoms. The molecule has 33 heavy (non-hydrogen) atoms. The summed E-state index contributed by atoms with van der Waals surface area (Å²) in [6, 6.07) is 15.5. The van der Waals surface area contributed by atoms with E-state index < -0.39 is 17.4 Å². The maximum atomic E-state index is 13.0. The van der Waals surface area contributed by atoms with Gasteiger partial charge in [-0.3, -0.25) is 0 Å². The number of ether oxygens (including phenoxy) is 1. The van der Waals surface area contributed by atoms with Gasteiger partial charge in [0.15, 0.2) is 6.73 Å². The van der Waals surface area contributed by atoms with Gasteiger partial charge in [0.2, 0.25) is 0 Å². The molecule has 0 spiro atoms. The molecule has 0 atom stereocenters. The van der Waals surface area contributed by atoms with E-state index >= 15 is 0 Å². The molecule has 0 unspecified atom stereocenters. The number of benzene rings is 3. The highest BCUT2D eigenvalue weighted by Crippen LogP contribution is 2.43. The average molecular weight is 492 g/mol. The molecule has 1 aliphatic heterocycles. The first-order valence-electron chi connectivity index (χ1n) is 9.81. The summed E-state index contributed by atoms with van der Waals surface area (Å²) in [5.41, 5.74) is 1.23. The molecule has 1 aliphatic rings. The Balaban J connectivity index is 1.64. The maximum absolute atomic E-state index is 13.0. The zero-order valence-corrected chi connectivity index (χ0v) is 18.3. The predicted molar refractivity (Wildman–Crippen MR) is 121 cm³/mol. The van der Waals surface area contributed by atoms with Gasteiger partial charge >= 0.3 is 11.8 Å². The third kappa shape index (κ3) is 3.92. The number of nitrogens with zero attached hydrogens (tertiary/aromatic N) is 1. The third-order valence-corrected chi connectivity index (χ3v) is 6.03. The van der Waals surface area contributed by atoms with Crippen LogP contribution in [0.15, 0.2) is 69.9 Å². The summed E-state index contributed by atoms with van der Waals surface area (Å²) in [5, 5.41) is 0.879. The van der Waals surface area contributed by atoms with Gasteiger partial charge in [0.25, 0.3) is 0 Å². The largest absolute Gasteiger partial charge is 0.471 e. The summed E-state index contributed by atoms with van der Waals surface area (Å²) in [4.78, 5) is 14.1. The Labute approximate surface area is 195 Å². The molecule has 1 aromatic heterocycles. The van der Waals surface area contributed by atoms with E-state index in [0.29, 0.717) is 38.6 Å². The molecule has 0 N–H and O–H groups in total. The van der Waals surface area contributed by atoms with Crippen molar-refractivity contribution in [2.24, 2.45) is 0 Å². The summed E-state index contributed by atoms with van der Waals surface area (Å²) in [7, 11) is 0. The van der Waals surface area contributed by atoms with Gasteiger partial charge in [-0.1, -0.05) is 53.5 Å². The monoisotopic (exact) mass is 491 g/mol. The first-order valence-corrected chi connectivity index (χ1v) is 10.6. The van der Waals surface area contributed by atoms with Crippen molar-refractivity contribution in [1.29, 1.82) is 0 Å². The SMILES string of the molecule is O=c1cc(-c2ccccc2)c2cc(Cl)c3c(c2o1)CN(c1ccc(C(F)(F)F)cc1Cl)CO3. The van der Waals surface area contributed by atoms with Crippen LogP contribution in [0.2, 0.25) is 10.0 Å². The van der Waals surface area contributed by atoms with Gasteiger partial charge in [0.1, 0.15) is 11.3 Å². The van der Waals surface area contributed by atoms with Crippen molar-refractivity contribution < 1.29 is 22.3 Å². The van der Waals surface area contributed by atoms with Crippen LogP contribution in [0.5, 0.6) is 5.75 Å². The van der Waals surface area contributed by atoms with Crippen molar-refractivity contribution >= 4 is 39.9 Å². The molecule has 5 rings (SSSR count). The van der Waals surface area contributed by atoms with Crippen LogP contribution < -0.4 is 15.3 Å². The molecule has 0 saturated carbocycles. The molecule has 168 valence electrons. The lowest BCUT2D eigenvalue weighted by molar-refractivity contribution is -0.137. The molecular formula is C24H14Cl2F3NO3. The summed E-state index contributed by atoms with van der Waals surface area (Å²) in [6.45, 7) is 0.171.